The van der Waals surface area contributed by atoms with E-state index < -0.39 is 54.3 Å². The molecule has 4 amide bonds. The van der Waals surface area contributed by atoms with Crippen molar-refractivity contribution in [2.75, 3.05) is 18.6 Å². The van der Waals surface area contributed by atoms with Gasteiger partial charge in [0.2, 0.25) is 23.6 Å². The maximum Gasteiger partial charge on any atom is 0.326 e. The topological polar surface area (TPSA) is 194 Å². The van der Waals surface area contributed by atoms with Crippen molar-refractivity contribution in [3.63, 3.8) is 0 Å². The number of carbonyl (C=O) groups is 5. The van der Waals surface area contributed by atoms with Gasteiger partial charge >= 0.3 is 5.97 Å². The second kappa shape index (κ2) is 14.6. The van der Waals surface area contributed by atoms with Gasteiger partial charge < -0.3 is 32.5 Å². The minimum Gasteiger partial charge on any atom is -0.480 e. The number of carboxylic acids is 1. The van der Waals surface area contributed by atoms with Gasteiger partial charge in [-0.3, -0.25) is 19.2 Å². The minimum absolute atomic E-state index is 0.109. The fraction of sp³-hybridized carbons (Fsp3) is 0.722. The van der Waals surface area contributed by atoms with Gasteiger partial charge in [-0.05, 0) is 37.2 Å². The van der Waals surface area contributed by atoms with E-state index in [1.54, 1.807) is 6.26 Å². The van der Waals surface area contributed by atoms with Crippen LogP contribution >= 0.6 is 11.8 Å². The van der Waals surface area contributed by atoms with Gasteiger partial charge in [0.15, 0.2) is 0 Å². The number of carboxylic acid groups (broad SMARTS) is 1. The Morgan fingerprint density at radius 2 is 1.63 bits per heavy atom. The summed E-state index contributed by atoms with van der Waals surface area (Å²) in [7, 11) is 0. The summed E-state index contributed by atoms with van der Waals surface area (Å²) in [6.07, 6.45) is 2.15. The van der Waals surface area contributed by atoms with Gasteiger partial charge in [-0.2, -0.15) is 11.8 Å². The number of nitrogens with one attached hydrogen (secondary N) is 3. The molecule has 0 heterocycles. The summed E-state index contributed by atoms with van der Waals surface area (Å²) < 4.78 is 0. The first-order valence-electron chi connectivity index (χ1n) is 9.60. The van der Waals surface area contributed by atoms with Gasteiger partial charge in [-0.15, -0.1) is 0 Å². The molecule has 0 aliphatic rings. The van der Waals surface area contributed by atoms with Crippen LogP contribution in [-0.2, 0) is 24.0 Å². The summed E-state index contributed by atoms with van der Waals surface area (Å²) >= 11 is 1.43. The van der Waals surface area contributed by atoms with Gasteiger partial charge in [0.25, 0.3) is 0 Å². The fourth-order valence-electron chi connectivity index (χ4n) is 2.48. The van der Waals surface area contributed by atoms with Crippen molar-refractivity contribution in [2.45, 2.75) is 57.7 Å². The predicted octanol–water partition coefficient (Wildman–Crippen LogP) is -1.45. The highest BCUT2D eigenvalue weighted by Crippen LogP contribution is 2.04. The quantitative estimate of drug-likeness (QED) is 0.175. The zero-order valence-electron chi connectivity index (χ0n) is 17.6. The van der Waals surface area contributed by atoms with Gasteiger partial charge in [-0.25, -0.2) is 4.79 Å². The Bertz CT molecular complexity index is 616. The van der Waals surface area contributed by atoms with Gasteiger partial charge in [0, 0.05) is 6.42 Å². The van der Waals surface area contributed by atoms with E-state index in [0.717, 1.165) is 0 Å². The highest BCUT2D eigenvalue weighted by atomic mass is 32.2. The van der Waals surface area contributed by atoms with Crippen LogP contribution in [0.1, 0.15) is 39.5 Å². The predicted molar refractivity (Wildman–Crippen MR) is 113 cm³/mol. The summed E-state index contributed by atoms with van der Waals surface area (Å²) in [5, 5.41) is 16.4. The van der Waals surface area contributed by atoms with Crippen molar-refractivity contribution in [3.05, 3.63) is 0 Å². The molecule has 0 saturated carbocycles. The first kappa shape index (κ1) is 27.7. The Hall–Kier alpha value is -2.34. The molecule has 0 saturated heterocycles. The molecule has 0 aliphatic carbocycles. The van der Waals surface area contributed by atoms with E-state index in [1.807, 2.05) is 13.8 Å². The van der Waals surface area contributed by atoms with E-state index in [9.17, 15) is 29.1 Å². The molecule has 0 aromatic carbocycles. The molecule has 0 rings (SSSR count). The number of rotatable bonds is 15. The Balaban J connectivity index is 4.92. The highest BCUT2D eigenvalue weighted by Gasteiger charge is 2.27. The Morgan fingerprint density at radius 3 is 2.13 bits per heavy atom. The normalized spacial score (nSPS) is 13.8. The summed E-state index contributed by atoms with van der Waals surface area (Å²) in [6.45, 7) is 3.40. The average Bonchev–Trinajstić information content (AvgIpc) is 2.65. The van der Waals surface area contributed by atoms with Crippen LogP contribution < -0.4 is 27.4 Å². The first-order chi connectivity index (χ1) is 14.0. The highest BCUT2D eigenvalue weighted by molar-refractivity contribution is 7.98. The number of hydrogen-bond acceptors (Lipinski definition) is 7. The van der Waals surface area contributed by atoms with Crippen molar-refractivity contribution in [1.82, 2.24) is 16.0 Å². The van der Waals surface area contributed by atoms with Crippen molar-refractivity contribution in [2.24, 2.45) is 17.4 Å². The van der Waals surface area contributed by atoms with Crippen LogP contribution in [0.25, 0.3) is 0 Å². The number of primary amides is 1. The van der Waals surface area contributed by atoms with E-state index >= 15 is 0 Å². The number of carbonyl (C=O) groups excluding carboxylic acids is 4. The molecular formula is C18H33N5O6S. The molecule has 0 radical (unpaired) electrons. The summed E-state index contributed by atoms with van der Waals surface area (Å²) in [5.41, 5.74) is 10.8. The second-order valence-corrected chi connectivity index (χ2v) is 8.25. The van der Waals surface area contributed by atoms with Crippen LogP contribution in [0.2, 0.25) is 0 Å². The van der Waals surface area contributed by atoms with Crippen molar-refractivity contribution < 1.29 is 29.1 Å². The Kier molecular flexibility index (Phi) is 13.5. The molecule has 30 heavy (non-hydrogen) atoms. The molecule has 0 aromatic heterocycles. The molecular weight excluding hydrogens is 414 g/mol. The molecule has 0 spiro atoms. The molecule has 3 atom stereocenters. The first-order valence-corrected chi connectivity index (χ1v) is 11.0. The summed E-state index contributed by atoms with van der Waals surface area (Å²) in [6, 6.07) is -3.08. The smallest absolute Gasteiger partial charge is 0.326 e. The van der Waals surface area contributed by atoms with E-state index in [1.165, 1.54) is 11.8 Å². The largest absolute Gasteiger partial charge is 0.480 e. The van der Waals surface area contributed by atoms with Gasteiger partial charge in [-0.1, -0.05) is 13.8 Å². The van der Waals surface area contributed by atoms with Crippen LogP contribution in [0.3, 0.4) is 0 Å². The lowest BCUT2D eigenvalue weighted by Crippen LogP contribution is -2.54. The second-order valence-electron chi connectivity index (χ2n) is 7.26. The number of hydrogen-bond donors (Lipinski definition) is 6. The minimum atomic E-state index is -1.20. The van der Waals surface area contributed by atoms with Crippen LogP contribution in [0, 0.1) is 5.92 Å². The third kappa shape index (κ3) is 12.3. The standard InChI is InChI=1S/C18H33N5O6S/c1-10(2)8-11(19)16(26)21-9-15(25)22-12(4-5-14(20)24)17(27)23-13(18(28)29)6-7-30-3/h10-13H,4-9,19H2,1-3H3,(H2,20,24)(H,21,26)(H,22,25)(H,23,27)(H,28,29). The van der Waals surface area contributed by atoms with Gasteiger partial charge in [0.1, 0.15) is 12.1 Å². The van der Waals surface area contributed by atoms with E-state index in [4.69, 9.17) is 11.5 Å². The Morgan fingerprint density at radius 1 is 1.00 bits per heavy atom. The van der Waals surface area contributed by atoms with Crippen molar-refractivity contribution >= 4 is 41.4 Å². The van der Waals surface area contributed by atoms with Crippen LogP contribution in [0.5, 0.6) is 0 Å². The molecule has 8 N–H and O–H groups in total. The van der Waals surface area contributed by atoms with Gasteiger partial charge in [0.05, 0.1) is 12.6 Å². The molecule has 0 aliphatic heterocycles. The molecule has 12 heteroatoms. The lowest BCUT2D eigenvalue weighted by Gasteiger charge is -2.21. The SMILES string of the molecule is CSCCC(NC(=O)C(CCC(N)=O)NC(=O)CNC(=O)C(N)CC(C)C)C(=O)O. The maximum absolute atomic E-state index is 12.5. The molecule has 172 valence electrons. The number of nitrogens with two attached hydrogens (primary N) is 2. The van der Waals surface area contributed by atoms with E-state index in [0.29, 0.717) is 12.2 Å². The lowest BCUT2D eigenvalue weighted by atomic mass is 10.0. The average molecular weight is 448 g/mol. The molecule has 0 aromatic rings. The van der Waals surface area contributed by atoms with Crippen molar-refractivity contribution in [1.29, 1.82) is 0 Å². The van der Waals surface area contributed by atoms with Crippen LogP contribution in [0.4, 0.5) is 0 Å². The Labute approximate surface area is 180 Å². The van der Waals surface area contributed by atoms with E-state index in [-0.39, 0.29) is 25.2 Å². The zero-order chi connectivity index (χ0) is 23.3. The summed E-state index contributed by atoms with van der Waals surface area (Å²) in [5.74, 6) is -3.09. The summed E-state index contributed by atoms with van der Waals surface area (Å²) in [4.78, 5) is 59.0. The number of amides is 4. The zero-order valence-corrected chi connectivity index (χ0v) is 18.4. The molecule has 0 bridgehead atoms. The fourth-order valence-corrected chi connectivity index (χ4v) is 2.95. The monoisotopic (exact) mass is 447 g/mol. The van der Waals surface area contributed by atoms with E-state index in [2.05, 4.69) is 16.0 Å². The third-order valence-corrected chi connectivity index (χ3v) is 4.69. The van der Waals surface area contributed by atoms with Crippen LogP contribution in [0.15, 0.2) is 0 Å². The number of thioether (sulfide) groups is 1. The number of aliphatic carboxylic acids is 1. The lowest BCUT2D eigenvalue weighted by molar-refractivity contribution is -0.142. The molecule has 11 nitrogen and oxygen atoms in total. The van der Waals surface area contributed by atoms with Crippen molar-refractivity contribution in [3.8, 4) is 0 Å². The third-order valence-electron chi connectivity index (χ3n) is 4.04. The molecule has 3 unspecified atom stereocenters. The molecule has 0 fully saturated rings. The maximum atomic E-state index is 12.5. The van der Waals surface area contributed by atoms with Crippen LogP contribution in [-0.4, -0.2) is 71.4 Å².